The van der Waals surface area contributed by atoms with Crippen molar-refractivity contribution in [2.24, 2.45) is 0 Å². The number of nitrogens with zero attached hydrogens (tertiary/aromatic N) is 1. The second-order valence-electron chi connectivity index (χ2n) is 5.48. The Morgan fingerprint density at radius 3 is 3.00 bits per heavy atom. The van der Waals surface area contributed by atoms with Crippen LogP contribution in [-0.2, 0) is 16.0 Å². The van der Waals surface area contributed by atoms with Crippen molar-refractivity contribution in [2.45, 2.75) is 30.9 Å². The zero-order valence-corrected chi connectivity index (χ0v) is 11.1. The van der Waals surface area contributed by atoms with Crippen LogP contribution >= 0.6 is 0 Å². The molecule has 1 aromatic rings. The molecule has 0 saturated carbocycles. The quantitative estimate of drug-likeness (QED) is 0.823. The minimum atomic E-state index is -0.417. The van der Waals surface area contributed by atoms with Crippen molar-refractivity contribution in [3.63, 3.8) is 0 Å². The second kappa shape index (κ2) is 4.94. The molecular formula is C15H19NO3. The van der Waals surface area contributed by atoms with E-state index in [2.05, 4.69) is 29.2 Å². The van der Waals surface area contributed by atoms with Crippen molar-refractivity contribution < 1.29 is 14.6 Å². The topological polar surface area (TPSA) is 49.8 Å². The van der Waals surface area contributed by atoms with E-state index in [-0.39, 0.29) is 12.0 Å². The molecule has 1 aromatic carbocycles. The molecule has 0 bridgehead atoms. The van der Waals surface area contributed by atoms with Crippen LogP contribution in [-0.4, -0.2) is 48.3 Å². The highest BCUT2D eigenvalue weighted by Gasteiger charge is 2.39. The summed E-state index contributed by atoms with van der Waals surface area (Å²) in [5.74, 6) is 0.248. The SMILES string of the molecule is COC(=O)C1CC(O)CN1CC1Cc2ccccc21. The van der Waals surface area contributed by atoms with Crippen LogP contribution < -0.4 is 0 Å². The predicted molar refractivity (Wildman–Crippen MR) is 70.9 cm³/mol. The first-order valence-corrected chi connectivity index (χ1v) is 6.76. The van der Waals surface area contributed by atoms with E-state index in [1.165, 1.54) is 18.2 Å². The highest BCUT2D eigenvalue weighted by molar-refractivity contribution is 5.76. The van der Waals surface area contributed by atoms with Crippen molar-refractivity contribution in [1.29, 1.82) is 0 Å². The summed E-state index contributed by atoms with van der Waals surface area (Å²) in [6.45, 7) is 1.40. The molecule has 3 rings (SSSR count). The van der Waals surface area contributed by atoms with Gasteiger partial charge in [0.05, 0.1) is 13.2 Å². The summed E-state index contributed by atoms with van der Waals surface area (Å²) in [6, 6.07) is 8.15. The Balaban J connectivity index is 1.68. The Labute approximate surface area is 113 Å². The Hall–Kier alpha value is -1.39. The molecule has 1 fully saturated rings. The fraction of sp³-hybridized carbons (Fsp3) is 0.533. The summed E-state index contributed by atoms with van der Waals surface area (Å²) in [4.78, 5) is 13.8. The van der Waals surface area contributed by atoms with Gasteiger partial charge in [0.2, 0.25) is 0 Å². The maximum Gasteiger partial charge on any atom is 0.323 e. The van der Waals surface area contributed by atoms with E-state index in [0.717, 1.165) is 13.0 Å². The molecule has 2 aliphatic rings. The number of aliphatic hydroxyl groups is 1. The number of aliphatic hydroxyl groups excluding tert-OH is 1. The molecule has 3 atom stereocenters. The summed E-state index contributed by atoms with van der Waals surface area (Å²) >= 11 is 0. The molecular weight excluding hydrogens is 242 g/mol. The number of hydrogen-bond donors (Lipinski definition) is 1. The Morgan fingerprint density at radius 1 is 1.47 bits per heavy atom. The highest BCUT2D eigenvalue weighted by Crippen LogP contribution is 2.36. The molecule has 3 unspecified atom stereocenters. The molecule has 0 amide bonds. The van der Waals surface area contributed by atoms with Gasteiger partial charge in [0.15, 0.2) is 0 Å². The van der Waals surface area contributed by atoms with Crippen LogP contribution in [0.1, 0.15) is 23.5 Å². The van der Waals surface area contributed by atoms with Crippen LogP contribution in [0.4, 0.5) is 0 Å². The van der Waals surface area contributed by atoms with Gasteiger partial charge in [-0.05, 0) is 17.5 Å². The molecule has 1 aliphatic carbocycles. The number of benzene rings is 1. The number of carbonyl (C=O) groups excluding carboxylic acids is 1. The fourth-order valence-corrected chi connectivity index (χ4v) is 3.27. The third kappa shape index (κ3) is 2.26. The molecule has 102 valence electrons. The van der Waals surface area contributed by atoms with Gasteiger partial charge >= 0.3 is 5.97 Å². The number of fused-ring (bicyclic) bond motifs is 1. The standard InChI is InChI=1S/C15H19NO3/c1-19-15(18)14-7-12(17)9-16(14)8-11-6-10-4-2-3-5-13(10)11/h2-5,11-12,14,17H,6-9H2,1H3. The summed E-state index contributed by atoms with van der Waals surface area (Å²) in [5.41, 5.74) is 2.79. The first-order valence-electron chi connectivity index (χ1n) is 6.76. The number of methoxy groups -OCH3 is 1. The average Bonchev–Trinajstić information content (AvgIpc) is 2.76. The molecule has 0 radical (unpaired) electrons. The monoisotopic (exact) mass is 261 g/mol. The van der Waals surface area contributed by atoms with Gasteiger partial charge < -0.3 is 9.84 Å². The fourth-order valence-electron chi connectivity index (χ4n) is 3.27. The summed E-state index contributed by atoms with van der Waals surface area (Å²) in [6.07, 6.45) is 1.14. The van der Waals surface area contributed by atoms with Gasteiger partial charge in [-0.15, -0.1) is 0 Å². The van der Waals surface area contributed by atoms with E-state index in [1.807, 2.05) is 0 Å². The normalized spacial score (nSPS) is 29.7. The van der Waals surface area contributed by atoms with Gasteiger partial charge in [-0.1, -0.05) is 24.3 Å². The van der Waals surface area contributed by atoms with Crippen LogP contribution in [0.3, 0.4) is 0 Å². The summed E-state index contributed by atoms with van der Waals surface area (Å²) in [7, 11) is 1.41. The highest BCUT2D eigenvalue weighted by atomic mass is 16.5. The lowest BCUT2D eigenvalue weighted by atomic mass is 9.77. The molecule has 4 heteroatoms. The Bertz CT molecular complexity index is 488. The van der Waals surface area contributed by atoms with Gasteiger partial charge in [-0.25, -0.2) is 0 Å². The zero-order valence-electron chi connectivity index (χ0n) is 11.1. The van der Waals surface area contributed by atoms with Crippen molar-refractivity contribution in [2.75, 3.05) is 20.2 Å². The van der Waals surface area contributed by atoms with Crippen molar-refractivity contribution in [1.82, 2.24) is 4.90 Å². The number of rotatable bonds is 3. The van der Waals surface area contributed by atoms with Crippen molar-refractivity contribution >= 4 is 5.97 Å². The van der Waals surface area contributed by atoms with E-state index in [4.69, 9.17) is 4.74 Å². The maximum atomic E-state index is 11.7. The van der Waals surface area contributed by atoms with Gasteiger partial charge in [0.1, 0.15) is 6.04 Å². The van der Waals surface area contributed by atoms with E-state index in [0.29, 0.717) is 18.9 Å². The zero-order chi connectivity index (χ0) is 13.4. The Kier molecular flexibility index (Phi) is 3.29. The number of esters is 1. The number of β-amino-alcohol motifs (C(OH)–C–C–N with tert-alkyl or cyclic N) is 1. The van der Waals surface area contributed by atoms with Gasteiger partial charge in [-0.3, -0.25) is 9.69 Å². The minimum Gasteiger partial charge on any atom is -0.468 e. The van der Waals surface area contributed by atoms with E-state index in [9.17, 15) is 9.90 Å². The number of hydrogen-bond acceptors (Lipinski definition) is 4. The average molecular weight is 261 g/mol. The Morgan fingerprint density at radius 2 is 2.26 bits per heavy atom. The minimum absolute atomic E-state index is 0.232. The van der Waals surface area contributed by atoms with Crippen LogP contribution in [0.2, 0.25) is 0 Å². The third-order valence-corrected chi connectivity index (χ3v) is 4.27. The van der Waals surface area contributed by atoms with Gasteiger partial charge in [-0.2, -0.15) is 0 Å². The molecule has 0 spiro atoms. The van der Waals surface area contributed by atoms with E-state index >= 15 is 0 Å². The maximum absolute atomic E-state index is 11.7. The lowest BCUT2D eigenvalue weighted by Gasteiger charge is -2.34. The largest absolute Gasteiger partial charge is 0.468 e. The summed E-state index contributed by atoms with van der Waals surface area (Å²) in [5, 5.41) is 9.76. The van der Waals surface area contributed by atoms with Gasteiger partial charge in [0.25, 0.3) is 0 Å². The van der Waals surface area contributed by atoms with Crippen molar-refractivity contribution in [3.05, 3.63) is 35.4 Å². The molecule has 1 aliphatic heterocycles. The molecule has 19 heavy (non-hydrogen) atoms. The molecule has 1 saturated heterocycles. The lowest BCUT2D eigenvalue weighted by Crippen LogP contribution is -2.41. The van der Waals surface area contributed by atoms with Gasteiger partial charge in [0, 0.05) is 25.4 Å². The van der Waals surface area contributed by atoms with Crippen molar-refractivity contribution in [3.8, 4) is 0 Å². The van der Waals surface area contributed by atoms with Crippen LogP contribution in [0.25, 0.3) is 0 Å². The molecule has 4 nitrogen and oxygen atoms in total. The molecule has 0 aromatic heterocycles. The summed E-state index contributed by atoms with van der Waals surface area (Å²) < 4.78 is 4.82. The first kappa shape index (κ1) is 12.6. The molecule has 1 N–H and O–H groups in total. The van der Waals surface area contributed by atoms with E-state index < -0.39 is 6.10 Å². The lowest BCUT2D eigenvalue weighted by molar-refractivity contribution is -0.146. The number of carbonyl (C=O) groups is 1. The van der Waals surface area contributed by atoms with E-state index in [1.54, 1.807) is 0 Å². The second-order valence-corrected chi connectivity index (χ2v) is 5.48. The number of ether oxygens (including phenoxy) is 1. The predicted octanol–water partition coefficient (Wildman–Crippen LogP) is 0.934. The third-order valence-electron chi connectivity index (χ3n) is 4.27. The first-order chi connectivity index (χ1) is 9.19. The molecule has 1 heterocycles. The van der Waals surface area contributed by atoms with Crippen LogP contribution in [0, 0.1) is 0 Å². The van der Waals surface area contributed by atoms with Crippen LogP contribution in [0.5, 0.6) is 0 Å². The smallest absolute Gasteiger partial charge is 0.323 e. The number of likely N-dealkylation sites (tertiary alicyclic amines) is 1. The van der Waals surface area contributed by atoms with Crippen LogP contribution in [0.15, 0.2) is 24.3 Å².